The monoisotopic (exact) mass is 699 g/mol. The molecular weight excluding hydrogens is 661 g/mol. The van der Waals surface area contributed by atoms with Crippen LogP contribution in [0.5, 0.6) is 0 Å². The quantitative estimate of drug-likeness (QED) is 0.172. The van der Waals surface area contributed by atoms with E-state index in [2.05, 4.69) is 20.9 Å². The number of alkyl halides is 4. The number of halogens is 6. The van der Waals surface area contributed by atoms with Crippen molar-refractivity contribution < 1.29 is 27.2 Å². The van der Waals surface area contributed by atoms with Crippen LogP contribution in [0.2, 0.25) is 10.0 Å². The summed E-state index contributed by atoms with van der Waals surface area (Å²) in [5, 5.41) is 9.47. The summed E-state index contributed by atoms with van der Waals surface area (Å²) in [6.07, 6.45) is -3.68. The molecule has 0 bridgehead atoms. The van der Waals surface area contributed by atoms with Crippen LogP contribution in [0.1, 0.15) is 81.6 Å². The molecule has 1 unspecified atom stereocenters. The van der Waals surface area contributed by atoms with E-state index >= 15 is 4.39 Å². The minimum Gasteiger partial charge on any atom is -0.352 e. The topological polar surface area (TPSA) is 104 Å². The number of aryl methyl sites for hydroxylation is 1. The van der Waals surface area contributed by atoms with Gasteiger partial charge in [-0.3, -0.25) is 14.2 Å². The first kappa shape index (κ1) is 35.0. The molecule has 3 N–H and O–H groups in total. The summed E-state index contributed by atoms with van der Waals surface area (Å²) in [6.45, 7) is 5.94. The maximum absolute atomic E-state index is 15.2. The fourth-order valence-corrected chi connectivity index (χ4v) is 6.49. The van der Waals surface area contributed by atoms with E-state index < -0.39 is 35.8 Å². The number of anilines is 3. The van der Waals surface area contributed by atoms with E-state index in [0.717, 1.165) is 0 Å². The maximum Gasteiger partial charge on any atom is 0.391 e. The molecule has 1 saturated carbocycles. The number of carbonyl (C=O) groups excluding carboxylic acids is 2. The summed E-state index contributed by atoms with van der Waals surface area (Å²) in [7, 11) is 1.70. The summed E-state index contributed by atoms with van der Waals surface area (Å²) in [4.78, 5) is 36.9. The van der Waals surface area contributed by atoms with Gasteiger partial charge in [0.05, 0.1) is 27.2 Å². The van der Waals surface area contributed by atoms with Gasteiger partial charge in [-0.05, 0) is 62.6 Å². The van der Waals surface area contributed by atoms with Gasteiger partial charge in [0.2, 0.25) is 11.9 Å². The Labute approximate surface area is 280 Å². The first-order chi connectivity index (χ1) is 22.0. The highest BCUT2D eigenvalue weighted by atomic mass is 35.5. The maximum atomic E-state index is 15.2. The van der Waals surface area contributed by atoms with Gasteiger partial charge in [0, 0.05) is 31.6 Å². The minimum absolute atomic E-state index is 0.0676. The number of nitrogens with zero attached hydrogens (tertiary/aromatic N) is 4. The predicted octanol–water partition coefficient (Wildman–Crippen LogP) is 7.82. The molecule has 15 heteroatoms. The fourth-order valence-electron chi connectivity index (χ4n) is 5.96. The Morgan fingerprint density at radius 2 is 1.72 bits per heavy atom. The molecule has 0 radical (unpaired) electrons. The number of hydrogen-bond donors (Lipinski definition) is 3. The molecule has 1 aromatic carbocycles. The van der Waals surface area contributed by atoms with Crippen LogP contribution in [0.25, 0.3) is 11.2 Å². The van der Waals surface area contributed by atoms with Gasteiger partial charge in [-0.1, -0.05) is 50.0 Å². The number of fused-ring (bicyclic) bond motifs is 1. The molecule has 2 aliphatic rings. The molecule has 2 aromatic heterocycles. The zero-order valence-corrected chi connectivity index (χ0v) is 28.2. The van der Waals surface area contributed by atoms with Crippen LogP contribution < -0.4 is 20.9 Å². The molecule has 3 aromatic rings. The molecule has 3 heterocycles. The average Bonchev–Trinajstić information content (AvgIpc) is 3.31. The third-order valence-corrected chi connectivity index (χ3v) is 9.57. The van der Waals surface area contributed by atoms with Gasteiger partial charge in [-0.25, -0.2) is 14.4 Å². The van der Waals surface area contributed by atoms with Gasteiger partial charge in [0.15, 0.2) is 11.9 Å². The van der Waals surface area contributed by atoms with E-state index in [1.54, 1.807) is 44.5 Å². The lowest BCUT2D eigenvalue weighted by Gasteiger charge is -2.33. The van der Waals surface area contributed by atoms with Crippen LogP contribution in [-0.4, -0.2) is 51.4 Å². The molecule has 2 fully saturated rings. The molecule has 1 saturated heterocycles. The molecule has 9 nitrogen and oxygen atoms in total. The molecule has 47 heavy (non-hydrogen) atoms. The summed E-state index contributed by atoms with van der Waals surface area (Å²) in [5.41, 5.74) is 1.18. The summed E-state index contributed by atoms with van der Waals surface area (Å²) < 4.78 is 56.5. The first-order valence-corrected chi connectivity index (χ1v) is 16.5. The molecule has 1 atom stereocenters. The van der Waals surface area contributed by atoms with Crippen molar-refractivity contribution in [3.05, 3.63) is 39.4 Å². The van der Waals surface area contributed by atoms with E-state index in [9.17, 15) is 22.8 Å². The van der Waals surface area contributed by atoms with E-state index in [1.165, 1.54) is 11.0 Å². The van der Waals surface area contributed by atoms with Crippen molar-refractivity contribution in [2.24, 2.45) is 18.4 Å². The molecule has 5 rings (SSSR count). The van der Waals surface area contributed by atoms with Gasteiger partial charge in [-0.15, -0.1) is 0 Å². The molecule has 0 spiro atoms. The molecule has 1 aliphatic heterocycles. The number of aromatic nitrogens is 3. The van der Waals surface area contributed by atoms with Gasteiger partial charge < -0.3 is 20.9 Å². The second-order valence-electron chi connectivity index (χ2n) is 13.3. The SMILES string of the molecule is Cn1c(Nc2c(Cl)ccc(CNC(=O)C(C)(C)C)c2Cl)nc2cc(C(=O)NC3CCC(C(F)(F)F)CC3)c(N3CCCCC3F)nc21. The molecule has 2 amide bonds. The Bertz CT molecular complexity index is 1650. The van der Waals surface area contributed by atoms with E-state index in [-0.39, 0.29) is 66.9 Å². The smallest absolute Gasteiger partial charge is 0.352 e. The first-order valence-electron chi connectivity index (χ1n) is 15.7. The number of rotatable bonds is 7. The van der Waals surface area contributed by atoms with Crippen molar-refractivity contribution in [2.45, 2.75) is 90.8 Å². The second-order valence-corrected chi connectivity index (χ2v) is 14.1. The van der Waals surface area contributed by atoms with Crippen LogP contribution in [0, 0.1) is 11.3 Å². The van der Waals surface area contributed by atoms with Crippen LogP contribution >= 0.6 is 23.2 Å². The van der Waals surface area contributed by atoms with E-state index in [4.69, 9.17) is 28.2 Å². The standard InChI is InChI=1S/C32H39Cl2F4N7O2/c1-31(2,3)29(47)39-16-17-8-13-21(33)25(24(17)34)42-30-41-22-15-20(28(46)40-19-11-9-18(10-12-19)32(36,37)38)26(43-27(22)44(30)4)45-14-6-5-7-23(45)35/h8,13,15,18-19,23H,5-7,9-12,14,16H2,1-4H3,(H,39,47)(H,40,46)(H,41,42). The van der Waals surface area contributed by atoms with Crippen LogP contribution in [0.3, 0.4) is 0 Å². The zero-order valence-electron chi connectivity index (χ0n) is 26.7. The highest BCUT2D eigenvalue weighted by molar-refractivity contribution is 6.39. The number of carbonyl (C=O) groups is 2. The highest BCUT2D eigenvalue weighted by Gasteiger charge is 2.42. The lowest BCUT2D eigenvalue weighted by Crippen LogP contribution is -2.42. The molecule has 1 aliphatic carbocycles. The third kappa shape index (κ3) is 7.72. The number of nitrogens with one attached hydrogen (secondary N) is 3. The number of imidazole rings is 1. The van der Waals surface area contributed by atoms with Crippen molar-refractivity contribution in [1.29, 1.82) is 0 Å². The number of amides is 2. The number of piperidine rings is 1. The predicted molar refractivity (Wildman–Crippen MR) is 175 cm³/mol. The van der Waals surface area contributed by atoms with Crippen molar-refractivity contribution in [2.75, 3.05) is 16.8 Å². The average molecular weight is 701 g/mol. The molecular formula is C32H39Cl2F4N7O2. The van der Waals surface area contributed by atoms with Gasteiger partial charge in [-0.2, -0.15) is 13.2 Å². The van der Waals surface area contributed by atoms with Crippen molar-refractivity contribution >= 4 is 63.6 Å². The van der Waals surface area contributed by atoms with Crippen molar-refractivity contribution in [3.63, 3.8) is 0 Å². The third-order valence-electron chi connectivity index (χ3n) is 8.82. The second kappa shape index (κ2) is 13.7. The van der Waals surface area contributed by atoms with E-state index in [1.807, 2.05) is 0 Å². The summed E-state index contributed by atoms with van der Waals surface area (Å²) in [5.74, 6) is -1.63. The number of hydrogen-bond acceptors (Lipinski definition) is 6. The van der Waals surface area contributed by atoms with Gasteiger partial charge in [0.1, 0.15) is 11.3 Å². The number of pyridine rings is 1. The van der Waals surface area contributed by atoms with E-state index in [0.29, 0.717) is 46.8 Å². The zero-order chi connectivity index (χ0) is 34.3. The summed E-state index contributed by atoms with van der Waals surface area (Å²) >= 11 is 13.3. The Balaban J connectivity index is 1.45. The van der Waals surface area contributed by atoms with Crippen LogP contribution in [0.15, 0.2) is 18.2 Å². The highest BCUT2D eigenvalue weighted by Crippen LogP contribution is 2.39. The fraction of sp³-hybridized carbons (Fsp3) is 0.562. The van der Waals surface area contributed by atoms with Crippen molar-refractivity contribution in [3.8, 4) is 0 Å². The minimum atomic E-state index is -4.26. The Morgan fingerprint density at radius 1 is 1.02 bits per heavy atom. The van der Waals surface area contributed by atoms with Crippen LogP contribution in [0.4, 0.5) is 35.0 Å². The number of benzene rings is 1. The van der Waals surface area contributed by atoms with Crippen LogP contribution in [-0.2, 0) is 18.4 Å². The Kier molecular flexibility index (Phi) is 10.2. The normalized spacial score (nSPS) is 20.7. The van der Waals surface area contributed by atoms with Crippen molar-refractivity contribution in [1.82, 2.24) is 25.2 Å². The molecule has 256 valence electrons. The summed E-state index contributed by atoms with van der Waals surface area (Å²) in [6, 6.07) is 4.45. The van der Waals surface area contributed by atoms with Gasteiger partial charge in [0.25, 0.3) is 5.91 Å². The Morgan fingerprint density at radius 3 is 2.36 bits per heavy atom. The van der Waals surface area contributed by atoms with Gasteiger partial charge >= 0.3 is 6.18 Å². The Hall–Kier alpha value is -3.32. The largest absolute Gasteiger partial charge is 0.391 e. The lowest BCUT2D eigenvalue weighted by molar-refractivity contribution is -0.182. The lowest BCUT2D eigenvalue weighted by atomic mass is 9.85.